The zero-order chi connectivity index (χ0) is 25.6. The summed E-state index contributed by atoms with van der Waals surface area (Å²) in [7, 11) is 1.58. The molecule has 1 aliphatic rings. The topological polar surface area (TPSA) is 132 Å². The SMILES string of the molecule is C[C@H]1CN(c2nccc(-c3ccc(-n4ncn(C)c4=O)cn3)c2F)C(=O)N1c1cccc(C(N)=O)c1. The number of pyridine rings is 2. The molecule has 0 aliphatic carbocycles. The summed E-state index contributed by atoms with van der Waals surface area (Å²) >= 11 is 0. The predicted molar refractivity (Wildman–Crippen MR) is 129 cm³/mol. The van der Waals surface area contributed by atoms with E-state index in [2.05, 4.69) is 15.1 Å². The molecule has 4 aromatic rings. The normalized spacial score (nSPS) is 15.5. The van der Waals surface area contributed by atoms with Crippen molar-refractivity contribution in [2.24, 2.45) is 12.8 Å². The number of anilines is 2. The van der Waals surface area contributed by atoms with Gasteiger partial charge in [-0.3, -0.25) is 24.1 Å². The third-order valence-electron chi connectivity index (χ3n) is 5.95. The van der Waals surface area contributed by atoms with E-state index >= 15 is 4.39 Å². The van der Waals surface area contributed by atoms with E-state index in [0.29, 0.717) is 17.1 Å². The minimum atomic E-state index is -0.707. The molecule has 0 unspecified atom stereocenters. The second kappa shape index (κ2) is 8.73. The van der Waals surface area contributed by atoms with Gasteiger partial charge in [0.2, 0.25) is 5.91 Å². The fraction of sp³-hybridized carbons (Fsp3) is 0.167. The number of hydrogen-bond acceptors (Lipinski definition) is 6. The van der Waals surface area contributed by atoms with Crippen LogP contribution in [0.2, 0.25) is 0 Å². The molecule has 2 N–H and O–H groups in total. The molecule has 4 heterocycles. The number of benzene rings is 1. The van der Waals surface area contributed by atoms with Gasteiger partial charge < -0.3 is 5.73 Å². The second-order valence-electron chi connectivity index (χ2n) is 8.36. The fourth-order valence-electron chi connectivity index (χ4n) is 4.14. The third-order valence-corrected chi connectivity index (χ3v) is 5.95. The number of amides is 3. The molecule has 0 radical (unpaired) electrons. The molecule has 36 heavy (non-hydrogen) atoms. The summed E-state index contributed by atoms with van der Waals surface area (Å²) in [4.78, 5) is 48.1. The van der Waals surface area contributed by atoms with Crippen LogP contribution < -0.4 is 21.2 Å². The number of rotatable bonds is 5. The average molecular weight is 488 g/mol. The molecule has 5 rings (SSSR count). The number of urea groups is 1. The molecular weight excluding hydrogens is 467 g/mol. The van der Waals surface area contributed by atoms with Gasteiger partial charge in [-0.1, -0.05) is 6.07 Å². The van der Waals surface area contributed by atoms with Crippen LogP contribution in [-0.4, -0.2) is 48.8 Å². The molecule has 1 aliphatic heterocycles. The zero-order valence-corrected chi connectivity index (χ0v) is 19.4. The van der Waals surface area contributed by atoms with Gasteiger partial charge in [0.05, 0.1) is 23.6 Å². The Labute approximate surface area is 204 Å². The molecule has 0 spiro atoms. The number of halogens is 1. The van der Waals surface area contributed by atoms with Crippen molar-refractivity contribution in [3.05, 3.63) is 83.1 Å². The molecule has 1 atom stereocenters. The van der Waals surface area contributed by atoms with Crippen LogP contribution in [0.4, 0.5) is 20.7 Å². The van der Waals surface area contributed by atoms with Crippen molar-refractivity contribution in [3.8, 4) is 16.9 Å². The van der Waals surface area contributed by atoms with E-state index in [4.69, 9.17) is 5.73 Å². The van der Waals surface area contributed by atoms with Gasteiger partial charge in [-0.15, -0.1) is 0 Å². The summed E-state index contributed by atoms with van der Waals surface area (Å²) in [6.07, 6.45) is 4.20. The van der Waals surface area contributed by atoms with Crippen LogP contribution in [0, 0.1) is 5.82 Å². The van der Waals surface area contributed by atoms with E-state index in [-0.39, 0.29) is 35.2 Å². The third kappa shape index (κ3) is 3.78. The Morgan fingerprint density at radius 3 is 2.58 bits per heavy atom. The highest BCUT2D eigenvalue weighted by atomic mass is 19.1. The lowest BCUT2D eigenvalue weighted by atomic mass is 10.1. The van der Waals surface area contributed by atoms with Gasteiger partial charge in [-0.2, -0.15) is 9.78 Å². The lowest BCUT2D eigenvalue weighted by Gasteiger charge is -2.21. The van der Waals surface area contributed by atoms with E-state index in [1.807, 2.05) is 6.92 Å². The number of aromatic nitrogens is 5. The average Bonchev–Trinajstić information content (AvgIpc) is 3.36. The Balaban J connectivity index is 1.46. The van der Waals surface area contributed by atoms with Gasteiger partial charge in [-0.05, 0) is 43.3 Å². The van der Waals surface area contributed by atoms with Gasteiger partial charge in [-0.25, -0.2) is 19.0 Å². The number of nitrogens with zero attached hydrogens (tertiary/aromatic N) is 7. The smallest absolute Gasteiger partial charge is 0.350 e. The van der Waals surface area contributed by atoms with E-state index in [1.54, 1.807) is 37.4 Å². The van der Waals surface area contributed by atoms with Crippen LogP contribution in [-0.2, 0) is 7.05 Å². The van der Waals surface area contributed by atoms with Gasteiger partial charge in [0.1, 0.15) is 6.33 Å². The first-order valence-electron chi connectivity index (χ1n) is 11.0. The maximum atomic E-state index is 15.7. The molecule has 1 saturated heterocycles. The number of hydrogen-bond donors (Lipinski definition) is 1. The largest absolute Gasteiger partial charge is 0.366 e. The van der Waals surface area contributed by atoms with Crippen LogP contribution in [0.3, 0.4) is 0 Å². The minimum Gasteiger partial charge on any atom is -0.366 e. The van der Waals surface area contributed by atoms with Gasteiger partial charge in [0, 0.05) is 36.6 Å². The standard InChI is InChI=1S/C24H21FN8O3/c1-14-12-31(24(36)32(14)16-5-3-4-15(10-16)21(26)34)22-20(25)18(8-9-27-22)19-7-6-17(11-28-19)33-23(35)30(2)13-29-33/h3-11,13-14H,12H2,1-2H3,(H2,26,34)/t14-/m0/s1. The van der Waals surface area contributed by atoms with E-state index in [1.165, 1.54) is 49.9 Å². The number of primary amides is 1. The second-order valence-corrected chi connectivity index (χ2v) is 8.36. The van der Waals surface area contributed by atoms with E-state index in [9.17, 15) is 14.4 Å². The highest BCUT2D eigenvalue weighted by Crippen LogP contribution is 2.32. The minimum absolute atomic E-state index is 0.135. The van der Waals surface area contributed by atoms with Crippen molar-refractivity contribution < 1.29 is 14.0 Å². The Kier molecular flexibility index (Phi) is 5.55. The maximum Gasteiger partial charge on any atom is 0.350 e. The van der Waals surface area contributed by atoms with Crippen LogP contribution in [0.25, 0.3) is 16.9 Å². The van der Waals surface area contributed by atoms with Crippen LogP contribution in [0.5, 0.6) is 0 Å². The predicted octanol–water partition coefficient (Wildman–Crippen LogP) is 2.10. The Morgan fingerprint density at radius 1 is 1.11 bits per heavy atom. The number of carbonyl (C=O) groups is 2. The van der Waals surface area contributed by atoms with Crippen LogP contribution in [0.15, 0.2) is 66.0 Å². The number of aryl methyl sites for hydroxylation is 1. The van der Waals surface area contributed by atoms with Crippen LogP contribution in [0.1, 0.15) is 17.3 Å². The molecule has 3 aromatic heterocycles. The van der Waals surface area contributed by atoms with E-state index < -0.39 is 17.8 Å². The van der Waals surface area contributed by atoms with Crippen LogP contribution >= 0.6 is 0 Å². The van der Waals surface area contributed by atoms with Crippen molar-refractivity contribution in [2.75, 3.05) is 16.3 Å². The Morgan fingerprint density at radius 2 is 1.92 bits per heavy atom. The summed E-state index contributed by atoms with van der Waals surface area (Å²) in [6.45, 7) is 2.00. The summed E-state index contributed by atoms with van der Waals surface area (Å²) in [6, 6.07) is 10.2. The summed E-state index contributed by atoms with van der Waals surface area (Å²) in [5.74, 6) is -1.45. The Bertz CT molecular complexity index is 1550. The van der Waals surface area contributed by atoms with Crippen molar-refractivity contribution in [3.63, 3.8) is 0 Å². The first kappa shape index (κ1) is 22.9. The summed E-state index contributed by atoms with van der Waals surface area (Å²) in [5.41, 5.74) is 6.65. The molecule has 11 nitrogen and oxygen atoms in total. The van der Waals surface area contributed by atoms with Gasteiger partial charge >= 0.3 is 11.7 Å². The number of carbonyl (C=O) groups excluding carboxylic acids is 2. The maximum absolute atomic E-state index is 15.7. The number of nitrogens with two attached hydrogens (primary N) is 1. The van der Waals surface area contributed by atoms with Gasteiger partial charge in [0.15, 0.2) is 11.6 Å². The molecule has 1 fully saturated rings. The monoisotopic (exact) mass is 488 g/mol. The zero-order valence-electron chi connectivity index (χ0n) is 19.4. The fourth-order valence-corrected chi connectivity index (χ4v) is 4.14. The summed E-state index contributed by atoms with van der Waals surface area (Å²) in [5, 5.41) is 4.00. The molecule has 12 heteroatoms. The molecule has 0 saturated carbocycles. The highest BCUT2D eigenvalue weighted by Gasteiger charge is 2.39. The van der Waals surface area contributed by atoms with Crippen molar-refractivity contribution in [2.45, 2.75) is 13.0 Å². The van der Waals surface area contributed by atoms with Crippen molar-refractivity contribution in [1.29, 1.82) is 0 Å². The quantitative estimate of drug-likeness (QED) is 0.458. The Hall–Kier alpha value is -4.87. The molecular formula is C24H21FN8O3. The van der Waals surface area contributed by atoms with Gasteiger partial charge in [0.25, 0.3) is 0 Å². The lowest BCUT2D eigenvalue weighted by molar-refractivity contribution is 0.1000. The molecule has 3 amide bonds. The molecule has 1 aromatic carbocycles. The highest BCUT2D eigenvalue weighted by molar-refractivity contribution is 6.07. The first-order chi connectivity index (χ1) is 17.3. The van der Waals surface area contributed by atoms with Crippen molar-refractivity contribution >= 4 is 23.4 Å². The van der Waals surface area contributed by atoms with Crippen molar-refractivity contribution in [1.82, 2.24) is 24.3 Å². The van der Waals surface area contributed by atoms with E-state index in [0.717, 1.165) is 0 Å². The molecule has 0 bridgehead atoms. The first-order valence-corrected chi connectivity index (χ1v) is 11.0. The summed E-state index contributed by atoms with van der Waals surface area (Å²) < 4.78 is 18.2. The lowest BCUT2D eigenvalue weighted by Crippen LogP contribution is -2.34. The molecule has 182 valence electrons.